The zero-order chi connectivity index (χ0) is 18.4. The second-order valence-electron chi connectivity index (χ2n) is 6.23. The minimum absolute atomic E-state index is 0.0551. The van der Waals surface area contributed by atoms with Crippen molar-refractivity contribution in [1.29, 1.82) is 0 Å². The highest BCUT2D eigenvalue weighted by atomic mass is 32.1. The highest BCUT2D eigenvalue weighted by molar-refractivity contribution is 7.10. The van der Waals surface area contributed by atoms with Crippen molar-refractivity contribution in [1.82, 2.24) is 15.5 Å². The number of carbonyl (C=O) groups excluding carboxylic acids is 2. The van der Waals surface area contributed by atoms with E-state index < -0.39 is 11.8 Å². The van der Waals surface area contributed by atoms with Gasteiger partial charge in [-0.1, -0.05) is 36.4 Å². The first-order chi connectivity index (χ1) is 12.7. The number of thiophene rings is 1. The molecule has 1 aromatic carbocycles. The first kappa shape index (κ1) is 18.4. The third-order valence-electron chi connectivity index (χ3n) is 4.54. The van der Waals surface area contributed by atoms with Gasteiger partial charge in [0.1, 0.15) is 0 Å². The number of amides is 2. The second kappa shape index (κ2) is 8.78. The topological polar surface area (TPSA) is 61.4 Å². The molecule has 1 aromatic heterocycles. The van der Waals surface area contributed by atoms with Crippen LogP contribution in [0.5, 0.6) is 0 Å². The lowest BCUT2D eigenvalue weighted by molar-refractivity contribution is -0.139. The highest BCUT2D eigenvalue weighted by Crippen LogP contribution is 2.29. The first-order valence-corrected chi connectivity index (χ1v) is 9.58. The van der Waals surface area contributed by atoms with Crippen LogP contribution < -0.4 is 10.6 Å². The Morgan fingerprint density at radius 1 is 1.15 bits per heavy atom. The summed E-state index contributed by atoms with van der Waals surface area (Å²) in [5, 5.41) is 7.32. The molecule has 2 aromatic rings. The zero-order valence-corrected chi connectivity index (χ0v) is 15.4. The molecular weight excluding hydrogens is 346 g/mol. The number of nitrogens with one attached hydrogen (secondary N) is 2. The molecule has 6 heteroatoms. The summed E-state index contributed by atoms with van der Waals surface area (Å²) < 4.78 is 0. The molecule has 136 valence electrons. The number of rotatable bonds is 6. The molecule has 2 N–H and O–H groups in total. The SMILES string of the molecule is C=CCNC(=O)C(=O)NC[C@@H](c1cccs1)N1CCc2ccccc2C1. The number of fused-ring (bicyclic) bond motifs is 1. The summed E-state index contributed by atoms with van der Waals surface area (Å²) in [7, 11) is 0. The van der Waals surface area contributed by atoms with Crippen LogP contribution in [-0.4, -0.2) is 36.3 Å². The van der Waals surface area contributed by atoms with Crippen LogP contribution >= 0.6 is 11.3 Å². The maximum absolute atomic E-state index is 12.0. The molecule has 2 heterocycles. The molecule has 26 heavy (non-hydrogen) atoms. The van der Waals surface area contributed by atoms with E-state index in [4.69, 9.17) is 0 Å². The quantitative estimate of drug-likeness (QED) is 0.607. The van der Waals surface area contributed by atoms with Crippen LogP contribution in [0.25, 0.3) is 0 Å². The van der Waals surface area contributed by atoms with E-state index in [-0.39, 0.29) is 12.6 Å². The van der Waals surface area contributed by atoms with Gasteiger partial charge in [-0.15, -0.1) is 17.9 Å². The van der Waals surface area contributed by atoms with E-state index in [0.29, 0.717) is 6.54 Å². The van der Waals surface area contributed by atoms with Gasteiger partial charge in [-0.25, -0.2) is 0 Å². The number of carbonyl (C=O) groups is 2. The highest BCUT2D eigenvalue weighted by Gasteiger charge is 2.26. The Morgan fingerprint density at radius 2 is 1.92 bits per heavy atom. The van der Waals surface area contributed by atoms with Crippen LogP contribution in [0, 0.1) is 0 Å². The third-order valence-corrected chi connectivity index (χ3v) is 5.52. The predicted octanol–water partition coefficient (Wildman–Crippen LogP) is 2.27. The van der Waals surface area contributed by atoms with Crippen LogP contribution in [-0.2, 0) is 22.6 Å². The smallest absolute Gasteiger partial charge is 0.309 e. The van der Waals surface area contributed by atoms with E-state index in [2.05, 4.69) is 52.4 Å². The minimum atomic E-state index is -0.626. The van der Waals surface area contributed by atoms with Crippen LogP contribution in [0.15, 0.2) is 54.4 Å². The van der Waals surface area contributed by atoms with Gasteiger partial charge >= 0.3 is 11.8 Å². The van der Waals surface area contributed by atoms with Gasteiger partial charge in [-0.3, -0.25) is 14.5 Å². The molecule has 5 nitrogen and oxygen atoms in total. The van der Waals surface area contributed by atoms with Crippen molar-refractivity contribution in [3.8, 4) is 0 Å². The maximum atomic E-state index is 12.0. The Hall–Kier alpha value is -2.44. The van der Waals surface area contributed by atoms with Gasteiger partial charge in [0, 0.05) is 31.1 Å². The van der Waals surface area contributed by atoms with Crippen molar-refractivity contribution < 1.29 is 9.59 Å². The third kappa shape index (κ3) is 4.39. The molecule has 0 fully saturated rings. The van der Waals surface area contributed by atoms with E-state index >= 15 is 0 Å². The standard InChI is InChI=1S/C20H23N3O2S/c1-2-10-21-19(24)20(25)22-13-17(18-8-5-12-26-18)23-11-9-15-6-3-4-7-16(15)14-23/h2-8,12,17H,1,9-11,13-14H2,(H,21,24)(H,22,25)/t17-/m0/s1. The number of benzene rings is 1. The first-order valence-electron chi connectivity index (χ1n) is 8.70. The summed E-state index contributed by atoms with van der Waals surface area (Å²) in [5.41, 5.74) is 2.72. The molecule has 1 aliphatic rings. The summed E-state index contributed by atoms with van der Waals surface area (Å²) in [5.74, 6) is -1.23. The fourth-order valence-electron chi connectivity index (χ4n) is 3.19. The van der Waals surface area contributed by atoms with E-state index in [0.717, 1.165) is 19.5 Å². The van der Waals surface area contributed by atoms with Gasteiger partial charge in [0.15, 0.2) is 0 Å². The van der Waals surface area contributed by atoms with Gasteiger partial charge in [-0.05, 0) is 29.0 Å². The summed E-state index contributed by atoms with van der Waals surface area (Å²) >= 11 is 1.67. The van der Waals surface area contributed by atoms with Crippen LogP contribution in [0.1, 0.15) is 22.0 Å². The lowest BCUT2D eigenvalue weighted by atomic mass is 9.98. The Balaban J connectivity index is 1.68. The summed E-state index contributed by atoms with van der Waals surface area (Å²) in [6.07, 6.45) is 2.54. The minimum Gasteiger partial charge on any atom is -0.346 e. The van der Waals surface area contributed by atoms with Crippen molar-refractivity contribution >= 4 is 23.2 Å². The maximum Gasteiger partial charge on any atom is 0.309 e. The predicted molar refractivity (Wildman–Crippen MR) is 104 cm³/mol. The average molecular weight is 369 g/mol. The molecule has 0 saturated heterocycles. The van der Waals surface area contributed by atoms with E-state index in [1.165, 1.54) is 16.0 Å². The molecule has 3 rings (SSSR count). The van der Waals surface area contributed by atoms with E-state index in [9.17, 15) is 9.59 Å². The van der Waals surface area contributed by atoms with Gasteiger partial charge < -0.3 is 10.6 Å². The number of hydrogen-bond acceptors (Lipinski definition) is 4. The fourth-order valence-corrected chi connectivity index (χ4v) is 4.05. The molecule has 0 saturated carbocycles. The Kier molecular flexibility index (Phi) is 6.20. The Morgan fingerprint density at radius 3 is 2.65 bits per heavy atom. The van der Waals surface area contributed by atoms with Crippen molar-refractivity contribution in [2.24, 2.45) is 0 Å². The van der Waals surface area contributed by atoms with E-state index in [1.54, 1.807) is 17.4 Å². The van der Waals surface area contributed by atoms with Gasteiger partial charge in [0.2, 0.25) is 0 Å². The molecule has 1 atom stereocenters. The van der Waals surface area contributed by atoms with Crippen molar-refractivity contribution in [3.63, 3.8) is 0 Å². The van der Waals surface area contributed by atoms with E-state index in [1.807, 2.05) is 11.4 Å². The average Bonchev–Trinajstić information content (AvgIpc) is 3.20. The molecule has 0 aliphatic carbocycles. The van der Waals surface area contributed by atoms with Crippen molar-refractivity contribution in [3.05, 3.63) is 70.4 Å². The van der Waals surface area contributed by atoms with Crippen LogP contribution in [0.3, 0.4) is 0 Å². The normalized spacial score (nSPS) is 14.9. The van der Waals surface area contributed by atoms with Gasteiger partial charge in [0.25, 0.3) is 0 Å². The van der Waals surface area contributed by atoms with Crippen LogP contribution in [0.4, 0.5) is 0 Å². The molecule has 0 spiro atoms. The molecule has 0 bridgehead atoms. The van der Waals surface area contributed by atoms with Crippen molar-refractivity contribution in [2.75, 3.05) is 19.6 Å². The molecule has 0 radical (unpaired) electrons. The summed E-state index contributed by atoms with van der Waals surface area (Å²) in [4.78, 5) is 27.4. The molecule has 1 aliphatic heterocycles. The monoisotopic (exact) mass is 369 g/mol. The molecule has 0 unspecified atom stereocenters. The van der Waals surface area contributed by atoms with Gasteiger partial charge in [0.05, 0.1) is 6.04 Å². The largest absolute Gasteiger partial charge is 0.346 e. The number of nitrogens with zero attached hydrogens (tertiary/aromatic N) is 1. The van der Waals surface area contributed by atoms with Crippen LogP contribution in [0.2, 0.25) is 0 Å². The van der Waals surface area contributed by atoms with Crippen molar-refractivity contribution in [2.45, 2.75) is 19.0 Å². The fraction of sp³-hybridized carbons (Fsp3) is 0.300. The molecular formula is C20H23N3O2S. The summed E-state index contributed by atoms with van der Waals surface area (Å²) in [6.45, 7) is 5.99. The number of hydrogen-bond donors (Lipinski definition) is 2. The van der Waals surface area contributed by atoms with Gasteiger partial charge in [-0.2, -0.15) is 0 Å². The zero-order valence-electron chi connectivity index (χ0n) is 14.6. The lowest BCUT2D eigenvalue weighted by Gasteiger charge is -2.35. The molecule has 2 amide bonds. The summed E-state index contributed by atoms with van der Waals surface area (Å²) in [6, 6.07) is 12.6. The Labute approximate surface area is 157 Å². The Bertz CT molecular complexity index is 773. The second-order valence-corrected chi connectivity index (χ2v) is 7.21. The lowest BCUT2D eigenvalue weighted by Crippen LogP contribution is -2.45.